The Morgan fingerprint density at radius 1 is 1.17 bits per heavy atom. The summed E-state index contributed by atoms with van der Waals surface area (Å²) in [6.07, 6.45) is 0. The number of ketones is 1. The molecular weight excluding hydrogens is 314 g/mol. The predicted octanol–water partition coefficient (Wildman–Crippen LogP) is 2.47. The Bertz CT molecular complexity index is 945. The van der Waals surface area contributed by atoms with Gasteiger partial charge in [-0.15, -0.1) is 0 Å². The van der Waals surface area contributed by atoms with Gasteiger partial charge in [0.15, 0.2) is 15.6 Å². The molecule has 0 aliphatic carbocycles. The van der Waals surface area contributed by atoms with Crippen LogP contribution in [-0.4, -0.2) is 20.1 Å². The van der Waals surface area contributed by atoms with E-state index >= 15 is 0 Å². The van der Waals surface area contributed by atoms with Gasteiger partial charge in [-0.25, -0.2) is 8.42 Å². The number of nitrogens with one attached hydrogen (secondary N) is 1. The van der Waals surface area contributed by atoms with Gasteiger partial charge in [-0.1, -0.05) is 12.1 Å². The van der Waals surface area contributed by atoms with Crippen LogP contribution in [0.25, 0.3) is 0 Å². The van der Waals surface area contributed by atoms with Crippen molar-refractivity contribution >= 4 is 27.2 Å². The number of fused-ring (bicyclic) bond motifs is 2. The molecule has 1 amide bonds. The molecule has 0 spiro atoms. The van der Waals surface area contributed by atoms with Gasteiger partial charge in [0.2, 0.25) is 5.91 Å². The number of anilines is 1. The summed E-state index contributed by atoms with van der Waals surface area (Å²) in [6, 6.07) is 9.55. The van der Waals surface area contributed by atoms with Crippen molar-refractivity contribution in [2.75, 3.05) is 5.32 Å². The van der Waals surface area contributed by atoms with Crippen LogP contribution < -0.4 is 5.32 Å². The van der Waals surface area contributed by atoms with Crippen LogP contribution in [-0.2, 0) is 20.4 Å². The molecule has 0 saturated heterocycles. The number of rotatable bonds is 1. The molecule has 1 aliphatic heterocycles. The zero-order valence-electron chi connectivity index (χ0n) is 12.7. The highest BCUT2D eigenvalue weighted by Crippen LogP contribution is 2.32. The highest BCUT2D eigenvalue weighted by atomic mass is 32.2. The maximum absolute atomic E-state index is 12.8. The third kappa shape index (κ3) is 2.66. The van der Waals surface area contributed by atoms with Crippen LogP contribution in [0.5, 0.6) is 0 Å². The van der Waals surface area contributed by atoms with E-state index in [0.29, 0.717) is 22.4 Å². The summed E-state index contributed by atoms with van der Waals surface area (Å²) in [4.78, 5) is 24.1. The highest BCUT2D eigenvalue weighted by Gasteiger charge is 2.31. The molecular formula is C17H15NO4S. The molecule has 0 atom stereocenters. The quantitative estimate of drug-likeness (QED) is 0.871. The van der Waals surface area contributed by atoms with E-state index in [1.54, 1.807) is 37.3 Å². The Morgan fingerprint density at radius 2 is 1.91 bits per heavy atom. The van der Waals surface area contributed by atoms with Gasteiger partial charge in [0.25, 0.3) is 0 Å². The number of carbonyl (C=O) groups is 2. The van der Waals surface area contributed by atoms with E-state index in [1.807, 2.05) is 0 Å². The number of aryl methyl sites for hydroxylation is 1. The molecule has 118 valence electrons. The summed E-state index contributed by atoms with van der Waals surface area (Å²) in [5.41, 5.74) is 2.10. The van der Waals surface area contributed by atoms with E-state index in [4.69, 9.17) is 0 Å². The molecule has 1 N–H and O–H groups in total. The molecule has 2 aromatic carbocycles. The fourth-order valence-electron chi connectivity index (χ4n) is 2.82. The van der Waals surface area contributed by atoms with Crippen LogP contribution in [0, 0.1) is 6.92 Å². The molecule has 0 unspecified atom stereocenters. The Labute approximate surface area is 134 Å². The van der Waals surface area contributed by atoms with E-state index in [9.17, 15) is 18.0 Å². The number of amides is 1. The molecule has 1 heterocycles. The Morgan fingerprint density at radius 3 is 2.61 bits per heavy atom. The summed E-state index contributed by atoms with van der Waals surface area (Å²) < 4.78 is 25.3. The maximum Gasteiger partial charge on any atom is 0.221 e. The van der Waals surface area contributed by atoms with Crippen LogP contribution in [0.2, 0.25) is 0 Å². The number of hydrogen-bond donors (Lipinski definition) is 1. The number of benzene rings is 2. The van der Waals surface area contributed by atoms with Crippen LogP contribution >= 0.6 is 0 Å². The Hall–Kier alpha value is -2.47. The fraction of sp³-hybridized carbons (Fsp3) is 0.176. The van der Waals surface area contributed by atoms with Gasteiger partial charge < -0.3 is 5.32 Å². The number of carbonyl (C=O) groups excluding carboxylic acids is 2. The predicted molar refractivity (Wildman–Crippen MR) is 86.2 cm³/mol. The van der Waals surface area contributed by atoms with E-state index in [2.05, 4.69) is 5.32 Å². The topological polar surface area (TPSA) is 80.3 Å². The zero-order chi connectivity index (χ0) is 16.8. The van der Waals surface area contributed by atoms with E-state index in [-0.39, 0.29) is 27.9 Å². The first-order valence-electron chi connectivity index (χ1n) is 7.07. The normalized spacial score (nSPS) is 15.3. The summed E-state index contributed by atoms with van der Waals surface area (Å²) in [6.45, 7) is 3.09. The third-order valence-electron chi connectivity index (χ3n) is 3.81. The molecule has 0 saturated carbocycles. The lowest BCUT2D eigenvalue weighted by molar-refractivity contribution is -0.114. The molecule has 0 bridgehead atoms. The van der Waals surface area contributed by atoms with Gasteiger partial charge in [0, 0.05) is 23.7 Å². The first-order chi connectivity index (χ1) is 10.8. The summed E-state index contributed by atoms with van der Waals surface area (Å²) in [5.74, 6) is -0.826. The van der Waals surface area contributed by atoms with Crippen LogP contribution in [0.4, 0.5) is 5.69 Å². The number of hydrogen-bond acceptors (Lipinski definition) is 4. The van der Waals surface area contributed by atoms with Crippen molar-refractivity contribution in [2.45, 2.75) is 24.5 Å². The van der Waals surface area contributed by atoms with Crippen molar-refractivity contribution in [3.63, 3.8) is 0 Å². The van der Waals surface area contributed by atoms with Crippen molar-refractivity contribution in [3.8, 4) is 0 Å². The van der Waals surface area contributed by atoms with Crippen molar-refractivity contribution in [2.24, 2.45) is 0 Å². The van der Waals surface area contributed by atoms with E-state index < -0.39 is 9.84 Å². The molecule has 0 fully saturated rings. The van der Waals surface area contributed by atoms with Crippen molar-refractivity contribution in [3.05, 3.63) is 58.7 Å². The first-order valence-corrected chi connectivity index (χ1v) is 8.72. The molecule has 0 radical (unpaired) electrons. The van der Waals surface area contributed by atoms with Crippen molar-refractivity contribution < 1.29 is 18.0 Å². The second-order valence-electron chi connectivity index (χ2n) is 5.59. The first kappa shape index (κ1) is 15.4. The Kier molecular flexibility index (Phi) is 3.56. The largest absolute Gasteiger partial charge is 0.326 e. The third-order valence-corrected chi connectivity index (χ3v) is 5.51. The molecule has 2 aromatic rings. The lowest BCUT2D eigenvalue weighted by Crippen LogP contribution is -2.09. The minimum Gasteiger partial charge on any atom is -0.326 e. The van der Waals surface area contributed by atoms with Gasteiger partial charge in [0.1, 0.15) is 0 Å². The van der Waals surface area contributed by atoms with Crippen molar-refractivity contribution in [1.29, 1.82) is 0 Å². The average molecular weight is 329 g/mol. The van der Waals surface area contributed by atoms with Crippen LogP contribution in [0.1, 0.15) is 34.0 Å². The van der Waals surface area contributed by atoms with Crippen LogP contribution in [0.3, 0.4) is 0 Å². The van der Waals surface area contributed by atoms with Gasteiger partial charge in [-0.05, 0) is 42.3 Å². The Balaban J connectivity index is 2.25. The summed E-state index contributed by atoms with van der Waals surface area (Å²) in [7, 11) is -3.63. The summed E-state index contributed by atoms with van der Waals surface area (Å²) in [5, 5.41) is 2.60. The highest BCUT2D eigenvalue weighted by molar-refractivity contribution is 7.90. The molecule has 6 heteroatoms. The number of sulfone groups is 1. The fourth-order valence-corrected chi connectivity index (χ4v) is 4.48. The second-order valence-corrected chi connectivity index (χ2v) is 7.55. The zero-order valence-corrected chi connectivity index (χ0v) is 13.5. The smallest absolute Gasteiger partial charge is 0.221 e. The van der Waals surface area contributed by atoms with Crippen LogP contribution in [0.15, 0.2) is 41.3 Å². The standard InChI is InChI=1S/C17H15NO4S/c1-10-4-3-5-15-16(10)17(20)14-7-6-13(18-11(2)19)8-12(14)9-23(15,21)22/h3-8H,9H2,1-2H3,(H,18,19). The molecule has 3 rings (SSSR count). The van der Waals surface area contributed by atoms with E-state index in [0.717, 1.165) is 0 Å². The minimum absolute atomic E-state index is 0.0692. The lowest BCUT2D eigenvalue weighted by Gasteiger charge is -2.08. The average Bonchev–Trinajstić information content (AvgIpc) is 2.53. The monoisotopic (exact) mass is 329 g/mol. The second kappa shape index (κ2) is 5.31. The maximum atomic E-state index is 12.8. The van der Waals surface area contributed by atoms with E-state index in [1.165, 1.54) is 13.0 Å². The summed E-state index contributed by atoms with van der Waals surface area (Å²) >= 11 is 0. The SMILES string of the molecule is CC(=O)Nc1ccc2c(c1)CS(=O)(=O)c1cccc(C)c1C2=O. The molecule has 23 heavy (non-hydrogen) atoms. The minimum atomic E-state index is -3.63. The van der Waals surface area contributed by atoms with Gasteiger partial charge in [-0.2, -0.15) is 0 Å². The van der Waals surface area contributed by atoms with Crippen molar-refractivity contribution in [1.82, 2.24) is 0 Å². The molecule has 0 aromatic heterocycles. The van der Waals surface area contributed by atoms with Gasteiger partial charge in [-0.3, -0.25) is 9.59 Å². The van der Waals surface area contributed by atoms with Gasteiger partial charge >= 0.3 is 0 Å². The molecule has 5 nitrogen and oxygen atoms in total. The molecule has 1 aliphatic rings. The van der Waals surface area contributed by atoms with Gasteiger partial charge in [0.05, 0.1) is 10.6 Å². The lowest BCUT2D eigenvalue weighted by atomic mass is 9.96.